The van der Waals surface area contributed by atoms with Gasteiger partial charge in [-0.25, -0.2) is 0 Å². The molecule has 3 rings (SSSR count). The molecule has 1 heterocycles. The quantitative estimate of drug-likeness (QED) is 0.889. The Hall–Kier alpha value is -1.11. The Morgan fingerprint density at radius 2 is 2.19 bits per heavy atom. The van der Waals surface area contributed by atoms with Gasteiger partial charge in [-0.1, -0.05) is 21.1 Å². The predicted molar refractivity (Wildman–Crippen MR) is 84.8 cm³/mol. The van der Waals surface area contributed by atoms with E-state index in [-0.39, 0.29) is 17.9 Å². The fourth-order valence-corrected chi connectivity index (χ4v) is 2.77. The number of methoxy groups -OCH3 is 1. The van der Waals surface area contributed by atoms with Crippen LogP contribution in [0.3, 0.4) is 0 Å². The van der Waals surface area contributed by atoms with Crippen molar-refractivity contribution in [3.8, 4) is 5.75 Å². The van der Waals surface area contributed by atoms with Crippen LogP contribution < -0.4 is 10.5 Å². The van der Waals surface area contributed by atoms with E-state index in [9.17, 15) is 0 Å². The first-order chi connectivity index (χ1) is 9.60. The molecule has 0 unspecified atom stereocenters. The van der Waals surface area contributed by atoms with Crippen LogP contribution in [0.5, 0.6) is 5.75 Å². The number of halogens is 2. The lowest BCUT2D eigenvalue weighted by atomic mass is 9.77. The molecule has 2 aromatic rings. The van der Waals surface area contributed by atoms with Gasteiger partial charge in [-0.15, -0.1) is 12.4 Å². The van der Waals surface area contributed by atoms with Crippen LogP contribution in [-0.2, 0) is 12.0 Å². The molecule has 1 fully saturated rings. The van der Waals surface area contributed by atoms with Crippen molar-refractivity contribution in [1.29, 1.82) is 0 Å². The molecule has 1 aromatic carbocycles. The summed E-state index contributed by atoms with van der Waals surface area (Å²) in [5.41, 5.74) is 6.81. The molecule has 0 spiro atoms. The number of rotatable bonds is 4. The van der Waals surface area contributed by atoms with E-state index in [1.807, 2.05) is 18.2 Å². The third-order valence-electron chi connectivity index (χ3n) is 3.74. The molecular weight excluding hydrogens is 358 g/mol. The standard InChI is InChI=1S/C14H16BrN3O2.ClH/c1-19-11-4-3-10(15)7-9(11)8-12-17-13(18-20-12)14(16)5-2-6-14;/h3-4,7H,2,5-6,8,16H2,1H3;1H. The Morgan fingerprint density at radius 1 is 1.43 bits per heavy atom. The number of hydrogen-bond acceptors (Lipinski definition) is 5. The van der Waals surface area contributed by atoms with Crippen molar-refractivity contribution in [2.75, 3.05) is 7.11 Å². The fraction of sp³-hybridized carbons (Fsp3) is 0.429. The van der Waals surface area contributed by atoms with Crippen molar-refractivity contribution >= 4 is 28.3 Å². The largest absolute Gasteiger partial charge is 0.496 e. The van der Waals surface area contributed by atoms with Gasteiger partial charge in [-0.2, -0.15) is 4.98 Å². The summed E-state index contributed by atoms with van der Waals surface area (Å²) >= 11 is 3.45. The fourth-order valence-electron chi connectivity index (χ4n) is 2.36. The highest BCUT2D eigenvalue weighted by molar-refractivity contribution is 9.10. The topological polar surface area (TPSA) is 74.2 Å². The molecule has 0 saturated heterocycles. The molecular formula is C14H17BrClN3O2. The molecule has 0 amide bonds. The zero-order valence-corrected chi connectivity index (χ0v) is 14.0. The number of nitrogens with two attached hydrogens (primary N) is 1. The van der Waals surface area contributed by atoms with Gasteiger partial charge < -0.3 is 15.0 Å². The third kappa shape index (κ3) is 3.22. The van der Waals surface area contributed by atoms with Crippen LogP contribution in [0.1, 0.15) is 36.5 Å². The first-order valence-corrected chi connectivity index (χ1v) is 7.34. The number of hydrogen-bond donors (Lipinski definition) is 1. The summed E-state index contributed by atoms with van der Waals surface area (Å²) in [6.45, 7) is 0. The lowest BCUT2D eigenvalue weighted by molar-refractivity contribution is 0.229. The Labute approximate surface area is 137 Å². The van der Waals surface area contributed by atoms with Gasteiger partial charge in [0.15, 0.2) is 5.82 Å². The molecule has 114 valence electrons. The zero-order chi connectivity index (χ0) is 14.2. The van der Waals surface area contributed by atoms with Gasteiger partial charge in [0.2, 0.25) is 5.89 Å². The van der Waals surface area contributed by atoms with E-state index in [2.05, 4.69) is 26.1 Å². The smallest absolute Gasteiger partial charge is 0.231 e. The van der Waals surface area contributed by atoms with Crippen molar-refractivity contribution in [3.63, 3.8) is 0 Å². The summed E-state index contributed by atoms with van der Waals surface area (Å²) in [4.78, 5) is 4.43. The lowest BCUT2D eigenvalue weighted by Gasteiger charge is -2.34. The molecule has 1 aliphatic rings. The molecule has 1 saturated carbocycles. The second-order valence-electron chi connectivity index (χ2n) is 5.15. The van der Waals surface area contributed by atoms with Gasteiger partial charge in [0.25, 0.3) is 0 Å². The molecule has 1 aromatic heterocycles. The van der Waals surface area contributed by atoms with E-state index >= 15 is 0 Å². The maximum atomic E-state index is 6.19. The highest BCUT2D eigenvalue weighted by Crippen LogP contribution is 2.37. The molecule has 0 bridgehead atoms. The van der Waals surface area contributed by atoms with E-state index in [0.717, 1.165) is 35.0 Å². The first-order valence-electron chi connectivity index (χ1n) is 6.55. The van der Waals surface area contributed by atoms with Crippen molar-refractivity contribution in [1.82, 2.24) is 10.1 Å². The van der Waals surface area contributed by atoms with Gasteiger partial charge in [-0.05, 0) is 37.5 Å². The van der Waals surface area contributed by atoms with Crippen LogP contribution >= 0.6 is 28.3 Å². The maximum absolute atomic E-state index is 6.19. The van der Waals surface area contributed by atoms with Gasteiger partial charge >= 0.3 is 0 Å². The second kappa shape index (κ2) is 6.34. The predicted octanol–water partition coefficient (Wildman–Crippen LogP) is 3.19. The summed E-state index contributed by atoms with van der Waals surface area (Å²) in [6.07, 6.45) is 3.50. The van der Waals surface area contributed by atoms with E-state index in [1.54, 1.807) is 7.11 Å². The van der Waals surface area contributed by atoms with Crippen LogP contribution in [0.4, 0.5) is 0 Å². The van der Waals surface area contributed by atoms with Gasteiger partial charge in [-0.3, -0.25) is 0 Å². The zero-order valence-electron chi connectivity index (χ0n) is 11.6. The van der Waals surface area contributed by atoms with E-state index < -0.39 is 0 Å². The average Bonchev–Trinajstić information content (AvgIpc) is 2.85. The Kier molecular flexibility index (Phi) is 4.91. The minimum Gasteiger partial charge on any atom is -0.496 e. The summed E-state index contributed by atoms with van der Waals surface area (Å²) in [7, 11) is 1.65. The molecule has 1 aliphatic carbocycles. The Balaban J connectivity index is 0.00000161. The number of ether oxygens (including phenoxy) is 1. The third-order valence-corrected chi connectivity index (χ3v) is 4.24. The summed E-state index contributed by atoms with van der Waals surface area (Å²) in [6, 6.07) is 5.84. The summed E-state index contributed by atoms with van der Waals surface area (Å²) < 4.78 is 11.6. The van der Waals surface area contributed by atoms with Crippen molar-refractivity contribution in [3.05, 3.63) is 40.0 Å². The number of benzene rings is 1. The second-order valence-corrected chi connectivity index (χ2v) is 6.07. The van der Waals surface area contributed by atoms with E-state index in [4.69, 9.17) is 15.0 Å². The van der Waals surface area contributed by atoms with Crippen LogP contribution in [-0.4, -0.2) is 17.3 Å². The lowest BCUT2D eigenvalue weighted by Crippen LogP contribution is -2.44. The first kappa shape index (κ1) is 16.3. The van der Waals surface area contributed by atoms with E-state index in [0.29, 0.717) is 18.1 Å². The van der Waals surface area contributed by atoms with Crippen LogP contribution in [0.25, 0.3) is 0 Å². The molecule has 2 N–H and O–H groups in total. The number of aromatic nitrogens is 2. The van der Waals surface area contributed by atoms with Crippen LogP contribution in [0, 0.1) is 0 Å². The minimum absolute atomic E-state index is 0. The molecule has 0 radical (unpaired) electrons. The molecule has 0 aliphatic heterocycles. The van der Waals surface area contributed by atoms with Crippen molar-refractivity contribution < 1.29 is 9.26 Å². The monoisotopic (exact) mass is 373 g/mol. The van der Waals surface area contributed by atoms with Crippen LogP contribution in [0.2, 0.25) is 0 Å². The maximum Gasteiger partial charge on any atom is 0.231 e. The number of nitrogens with zero attached hydrogens (tertiary/aromatic N) is 2. The highest BCUT2D eigenvalue weighted by Gasteiger charge is 2.38. The highest BCUT2D eigenvalue weighted by atomic mass is 79.9. The Morgan fingerprint density at radius 3 is 2.81 bits per heavy atom. The summed E-state index contributed by atoms with van der Waals surface area (Å²) in [5, 5.41) is 4.02. The van der Waals surface area contributed by atoms with Crippen molar-refractivity contribution in [2.24, 2.45) is 5.73 Å². The molecule has 21 heavy (non-hydrogen) atoms. The molecule has 5 nitrogen and oxygen atoms in total. The molecule has 0 atom stereocenters. The van der Waals surface area contributed by atoms with Crippen molar-refractivity contribution in [2.45, 2.75) is 31.2 Å². The minimum atomic E-state index is -0.386. The average molecular weight is 375 g/mol. The van der Waals surface area contributed by atoms with Gasteiger partial charge in [0, 0.05) is 10.0 Å². The van der Waals surface area contributed by atoms with E-state index in [1.165, 1.54) is 0 Å². The van der Waals surface area contributed by atoms with Gasteiger partial charge in [0.05, 0.1) is 19.1 Å². The normalized spacial score (nSPS) is 16.0. The SMILES string of the molecule is COc1ccc(Br)cc1Cc1nc(C2(N)CCC2)no1.Cl. The molecule has 7 heteroatoms. The Bertz CT molecular complexity index is 628. The van der Waals surface area contributed by atoms with Gasteiger partial charge in [0.1, 0.15) is 5.75 Å². The van der Waals surface area contributed by atoms with Crippen LogP contribution in [0.15, 0.2) is 27.2 Å². The summed E-state index contributed by atoms with van der Waals surface area (Å²) in [5.74, 6) is 1.99.